The molecular formula is C13H23N7O. The summed E-state index contributed by atoms with van der Waals surface area (Å²) in [6, 6.07) is 0. The zero-order valence-corrected chi connectivity index (χ0v) is 12.2. The SMILES string of the molecule is NNc1nc(NCCC2CCOC2)nc(N2CCCC2)n1. The molecule has 1 unspecified atom stereocenters. The molecule has 21 heavy (non-hydrogen) atoms. The molecule has 0 bridgehead atoms. The van der Waals surface area contributed by atoms with Crippen molar-refractivity contribution in [3.05, 3.63) is 0 Å². The molecule has 0 radical (unpaired) electrons. The first kappa shape index (κ1) is 14.3. The van der Waals surface area contributed by atoms with E-state index in [0.29, 0.717) is 23.8 Å². The van der Waals surface area contributed by atoms with Crippen LogP contribution in [-0.2, 0) is 4.74 Å². The highest BCUT2D eigenvalue weighted by Crippen LogP contribution is 2.19. The summed E-state index contributed by atoms with van der Waals surface area (Å²) in [4.78, 5) is 15.2. The predicted molar refractivity (Wildman–Crippen MR) is 81.1 cm³/mol. The molecule has 2 aliphatic rings. The predicted octanol–water partition coefficient (Wildman–Crippen LogP) is 0.596. The van der Waals surface area contributed by atoms with Crippen molar-refractivity contribution < 1.29 is 4.74 Å². The minimum Gasteiger partial charge on any atom is -0.381 e. The van der Waals surface area contributed by atoms with E-state index in [1.54, 1.807) is 0 Å². The molecular weight excluding hydrogens is 270 g/mol. The van der Waals surface area contributed by atoms with Crippen molar-refractivity contribution in [2.45, 2.75) is 25.7 Å². The van der Waals surface area contributed by atoms with Gasteiger partial charge in [0.05, 0.1) is 0 Å². The highest BCUT2D eigenvalue weighted by atomic mass is 16.5. The summed E-state index contributed by atoms with van der Waals surface area (Å²) in [6.45, 7) is 4.57. The number of nitrogen functional groups attached to an aromatic ring is 1. The van der Waals surface area contributed by atoms with E-state index < -0.39 is 0 Å². The van der Waals surface area contributed by atoms with Crippen LogP contribution in [0.15, 0.2) is 0 Å². The molecule has 3 heterocycles. The summed E-state index contributed by atoms with van der Waals surface area (Å²) < 4.78 is 5.38. The Morgan fingerprint density at radius 3 is 2.71 bits per heavy atom. The fraction of sp³-hybridized carbons (Fsp3) is 0.769. The second kappa shape index (κ2) is 6.86. The van der Waals surface area contributed by atoms with Gasteiger partial charge in [-0.15, -0.1) is 0 Å². The van der Waals surface area contributed by atoms with Gasteiger partial charge in [0, 0.05) is 32.8 Å². The first-order valence-electron chi connectivity index (χ1n) is 7.64. The Morgan fingerprint density at radius 1 is 1.19 bits per heavy atom. The van der Waals surface area contributed by atoms with Crippen LogP contribution in [0.3, 0.4) is 0 Å². The smallest absolute Gasteiger partial charge is 0.243 e. The van der Waals surface area contributed by atoms with Gasteiger partial charge in [-0.05, 0) is 31.6 Å². The lowest BCUT2D eigenvalue weighted by Gasteiger charge is -2.17. The van der Waals surface area contributed by atoms with E-state index in [2.05, 4.69) is 30.6 Å². The maximum Gasteiger partial charge on any atom is 0.243 e. The van der Waals surface area contributed by atoms with Gasteiger partial charge >= 0.3 is 0 Å². The molecule has 2 fully saturated rings. The summed E-state index contributed by atoms with van der Waals surface area (Å²) in [5.41, 5.74) is 2.51. The van der Waals surface area contributed by atoms with Crippen LogP contribution in [0.1, 0.15) is 25.7 Å². The van der Waals surface area contributed by atoms with Gasteiger partial charge in [0.1, 0.15) is 0 Å². The first-order valence-corrected chi connectivity index (χ1v) is 7.64. The van der Waals surface area contributed by atoms with Gasteiger partial charge in [0.15, 0.2) is 0 Å². The van der Waals surface area contributed by atoms with E-state index >= 15 is 0 Å². The van der Waals surface area contributed by atoms with Gasteiger partial charge in [-0.25, -0.2) is 5.84 Å². The largest absolute Gasteiger partial charge is 0.381 e. The number of nitrogens with two attached hydrogens (primary N) is 1. The second-order valence-corrected chi connectivity index (χ2v) is 5.57. The molecule has 0 saturated carbocycles. The lowest BCUT2D eigenvalue weighted by molar-refractivity contribution is 0.185. The minimum atomic E-state index is 0.401. The van der Waals surface area contributed by atoms with Gasteiger partial charge < -0.3 is 15.0 Å². The van der Waals surface area contributed by atoms with Gasteiger partial charge in [-0.2, -0.15) is 15.0 Å². The van der Waals surface area contributed by atoms with Crippen LogP contribution in [0.2, 0.25) is 0 Å². The topological polar surface area (TPSA) is 101 Å². The van der Waals surface area contributed by atoms with Gasteiger partial charge in [-0.1, -0.05) is 0 Å². The molecule has 1 aromatic heterocycles. The standard InChI is InChI=1S/C13H23N7O/c14-19-12-16-11(15-5-3-10-4-8-21-9-10)17-13(18-12)20-6-1-2-7-20/h10H,1-9,14H2,(H2,15,16,17,18,19). The van der Waals surface area contributed by atoms with Crippen LogP contribution >= 0.6 is 0 Å². The van der Waals surface area contributed by atoms with Crippen LogP contribution in [0.4, 0.5) is 17.8 Å². The number of hydrogen-bond acceptors (Lipinski definition) is 8. The van der Waals surface area contributed by atoms with Crippen LogP contribution < -0.4 is 21.5 Å². The summed E-state index contributed by atoms with van der Waals surface area (Å²) in [6.07, 6.45) is 4.58. The van der Waals surface area contributed by atoms with Crippen LogP contribution in [0.5, 0.6) is 0 Å². The number of rotatable bonds is 6. The third kappa shape index (κ3) is 3.70. The Kier molecular flexibility index (Phi) is 4.66. The summed E-state index contributed by atoms with van der Waals surface area (Å²) in [7, 11) is 0. The highest BCUT2D eigenvalue weighted by Gasteiger charge is 2.18. The van der Waals surface area contributed by atoms with Crippen molar-refractivity contribution in [1.82, 2.24) is 15.0 Å². The van der Waals surface area contributed by atoms with Crippen LogP contribution in [0, 0.1) is 5.92 Å². The third-order valence-corrected chi connectivity index (χ3v) is 4.00. The second-order valence-electron chi connectivity index (χ2n) is 5.57. The van der Waals surface area contributed by atoms with Crippen LogP contribution in [-0.4, -0.2) is 47.8 Å². The van der Waals surface area contributed by atoms with E-state index in [1.165, 1.54) is 12.8 Å². The summed E-state index contributed by atoms with van der Waals surface area (Å²) >= 11 is 0. The van der Waals surface area contributed by atoms with E-state index in [0.717, 1.165) is 45.7 Å². The molecule has 1 aromatic rings. The Labute approximate surface area is 124 Å². The van der Waals surface area contributed by atoms with Crippen molar-refractivity contribution in [3.8, 4) is 0 Å². The maximum atomic E-state index is 5.45. The minimum absolute atomic E-state index is 0.401. The van der Waals surface area contributed by atoms with Crippen molar-refractivity contribution in [2.75, 3.05) is 48.5 Å². The zero-order chi connectivity index (χ0) is 14.5. The molecule has 4 N–H and O–H groups in total. The molecule has 8 heteroatoms. The van der Waals surface area contributed by atoms with Gasteiger partial charge in [-0.3, -0.25) is 5.43 Å². The van der Waals surface area contributed by atoms with Crippen molar-refractivity contribution >= 4 is 17.8 Å². The number of ether oxygens (including phenoxy) is 1. The van der Waals surface area contributed by atoms with Crippen molar-refractivity contribution in [2.24, 2.45) is 11.8 Å². The number of nitrogens with zero attached hydrogens (tertiary/aromatic N) is 4. The molecule has 0 aliphatic carbocycles. The fourth-order valence-corrected chi connectivity index (χ4v) is 2.77. The lowest BCUT2D eigenvalue weighted by atomic mass is 10.1. The van der Waals surface area contributed by atoms with Crippen molar-refractivity contribution in [3.63, 3.8) is 0 Å². The van der Waals surface area contributed by atoms with E-state index in [9.17, 15) is 0 Å². The first-order chi connectivity index (χ1) is 10.3. The Hall–Kier alpha value is -1.67. The van der Waals surface area contributed by atoms with E-state index in [1.807, 2.05) is 0 Å². The average Bonchev–Trinajstić information content (AvgIpc) is 3.20. The third-order valence-electron chi connectivity index (χ3n) is 4.00. The molecule has 8 nitrogen and oxygen atoms in total. The van der Waals surface area contributed by atoms with Crippen molar-refractivity contribution in [1.29, 1.82) is 0 Å². The highest BCUT2D eigenvalue weighted by molar-refractivity contribution is 5.43. The molecule has 2 aliphatic heterocycles. The Bertz CT molecular complexity index is 458. The average molecular weight is 293 g/mol. The van der Waals surface area contributed by atoms with E-state index in [-0.39, 0.29) is 0 Å². The van der Waals surface area contributed by atoms with Crippen LogP contribution in [0.25, 0.3) is 0 Å². The monoisotopic (exact) mass is 293 g/mol. The summed E-state index contributed by atoms with van der Waals surface area (Å²) in [5.74, 6) is 7.77. The van der Waals surface area contributed by atoms with Gasteiger partial charge in [0.25, 0.3) is 0 Å². The molecule has 0 aromatic carbocycles. The zero-order valence-electron chi connectivity index (χ0n) is 12.2. The quantitative estimate of drug-likeness (QED) is 0.517. The van der Waals surface area contributed by atoms with Gasteiger partial charge in [0.2, 0.25) is 17.8 Å². The summed E-state index contributed by atoms with van der Waals surface area (Å²) in [5, 5.41) is 3.27. The number of anilines is 3. The maximum absolute atomic E-state index is 5.45. The molecule has 0 spiro atoms. The fourth-order valence-electron chi connectivity index (χ4n) is 2.77. The molecule has 0 amide bonds. The number of hydrogen-bond donors (Lipinski definition) is 3. The molecule has 1 atom stereocenters. The Morgan fingerprint density at radius 2 is 2.00 bits per heavy atom. The normalized spacial score (nSPS) is 21.8. The Balaban J connectivity index is 1.61. The number of nitrogens with one attached hydrogen (secondary N) is 2. The lowest BCUT2D eigenvalue weighted by Crippen LogP contribution is -2.23. The molecule has 116 valence electrons. The van der Waals surface area contributed by atoms with E-state index in [4.69, 9.17) is 10.6 Å². The number of hydrazine groups is 1. The molecule has 2 saturated heterocycles. The number of aromatic nitrogens is 3. The molecule has 3 rings (SSSR count).